The molecule has 1 aromatic heterocycles. The van der Waals surface area contributed by atoms with E-state index >= 15 is 0 Å². The molecular weight excluding hydrogens is 342 g/mol. The van der Waals surface area contributed by atoms with E-state index in [2.05, 4.69) is 10.3 Å². The van der Waals surface area contributed by atoms with Crippen LogP contribution >= 0.6 is 11.3 Å². The monoisotopic (exact) mass is 359 g/mol. The van der Waals surface area contributed by atoms with Gasteiger partial charge in [0.05, 0.1) is 18.2 Å². The number of nitriles is 1. The number of aliphatic hydroxyl groups is 1. The molecule has 1 atom stereocenters. The topological polar surface area (TPSA) is 112 Å². The number of thiazole rings is 1. The minimum absolute atomic E-state index is 0.0844. The van der Waals surface area contributed by atoms with Crippen LogP contribution in [0.25, 0.3) is 0 Å². The van der Waals surface area contributed by atoms with Crippen LogP contribution in [0.15, 0.2) is 29.6 Å². The summed E-state index contributed by atoms with van der Waals surface area (Å²) in [5.41, 5.74) is 1.48. The van der Waals surface area contributed by atoms with E-state index in [4.69, 9.17) is 9.84 Å². The molecule has 0 saturated carbocycles. The maximum Gasteiger partial charge on any atom is 0.340 e. The molecule has 8 heteroatoms. The molecule has 0 radical (unpaired) electrons. The number of nitrogens with zero attached hydrogens (tertiary/aromatic N) is 2. The highest BCUT2D eigenvalue weighted by molar-refractivity contribution is 7.09. The fourth-order valence-electron chi connectivity index (χ4n) is 2.07. The zero-order valence-electron chi connectivity index (χ0n) is 13.6. The first-order valence-electron chi connectivity index (χ1n) is 7.52. The fraction of sp³-hybridized carbons (Fsp3) is 0.294. The maximum absolute atomic E-state index is 12.2. The summed E-state index contributed by atoms with van der Waals surface area (Å²) in [6.45, 7) is 1.46. The van der Waals surface area contributed by atoms with Gasteiger partial charge in [0.25, 0.3) is 0 Å². The smallest absolute Gasteiger partial charge is 0.340 e. The van der Waals surface area contributed by atoms with Crippen molar-refractivity contribution in [2.45, 2.75) is 12.8 Å². The van der Waals surface area contributed by atoms with Crippen LogP contribution in [0.4, 0.5) is 5.69 Å². The number of esters is 1. The highest BCUT2D eigenvalue weighted by atomic mass is 32.1. The van der Waals surface area contributed by atoms with E-state index in [0.717, 1.165) is 5.69 Å². The van der Waals surface area contributed by atoms with Gasteiger partial charge in [-0.2, -0.15) is 5.26 Å². The van der Waals surface area contributed by atoms with E-state index in [1.807, 2.05) is 6.07 Å². The van der Waals surface area contributed by atoms with Gasteiger partial charge in [-0.15, -0.1) is 11.3 Å². The third-order valence-electron chi connectivity index (χ3n) is 3.25. The lowest BCUT2D eigenvalue weighted by Crippen LogP contribution is -2.20. The molecule has 2 rings (SSSR count). The summed E-state index contributed by atoms with van der Waals surface area (Å²) in [5, 5.41) is 23.1. The average molecular weight is 359 g/mol. The van der Waals surface area contributed by atoms with Crippen molar-refractivity contribution in [2.24, 2.45) is 0 Å². The van der Waals surface area contributed by atoms with Gasteiger partial charge in [0, 0.05) is 23.3 Å². The molecule has 0 spiro atoms. The largest absolute Gasteiger partial charge is 0.454 e. The normalized spacial score (nSPS) is 11.4. The van der Waals surface area contributed by atoms with Gasteiger partial charge in [0.15, 0.2) is 18.3 Å². The summed E-state index contributed by atoms with van der Waals surface area (Å²) in [7, 11) is 0. The number of aliphatic hydroxyl groups excluding tert-OH is 1. The van der Waals surface area contributed by atoms with E-state index in [1.54, 1.807) is 36.6 Å². The SMILES string of the molecule is Cc1csc([C@H](C#N)C(=O)COC(=O)c2ccccc2NCCO)n1. The first kappa shape index (κ1) is 18.6. The van der Waals surface area contributed by atoms with Gasteiger partial charge in [-0.05, 0) is 19.1 Å². The molecule has 25 heavy (non-hydrogen) atoms. The zero-order valence-corrected chi connectivity index (χ0v) is 14.4. The Morgan fingerprint density at radius 2 is 2.20 bits per heavy atom. The molecule has 0 aliphatic rings. The predicted molar refractivity (Wildman–Crippen MR) is 92.5 cm³/mol. The van der Waals surface area contributed by atoms with Crippen LogP contribution in [0, 0.1) is 18.3 Å². The molecule has 0 aliphatic heterocycles. The van der Waals surface area contributed by atoms with E-state index < -0.39 is 24.3 Å². The Balaban J connectivity index is 2.02. The van der Waals surface area contributed by atoms with Crippen LogP contribution in [-0.2, 0) is 9.53 Å². The lowest BCUT2D eigenvalue weighted by molar-refractivity contribution is -0.122. The van der Waals surface area contributed by atoms with Crippen LogP contribution in [0.5, 0.6) is 0 Å². The average Bonchev–Trinajstić information content (AvgIpc) is 3.04. The number of nitrogens with one attached hydrogen (secondary N) is 1. The summed E-state index contributed by atoms with van der Waals surface area (Å²) in [5.74, 6) is -2.25. The van der Waals surface area contributed by atoms with Crippen LogP contribution in [0.2, 0.25) is 0 Å². The first-order chi connectivity index (χ1) is 12.1. The molecule has 1 aromatic carbocycles. The van der Waals surface area contributed by atoms with Gasteiger partial charge in [0.1, 0.15) is 5.01 Å². The number of aryl methyl sites for hydroxylation is 1. The second-order valence-electron chi connectivity index (χ2n) is 5.13. The number of hydrogen-bond donors (Lipinski definition) is 2. The number of anilines is 1. The van der Waals surface area contributed by atoms with Crippen LogP contribution < -0.4 is 5.32 Å². The number of aromatic nitrogens is 1. The Morgan fingerprint density at radius 1 is 1.44 bits per heavy atom. The molecule has 1 heterocycles. The Labute approximate surface area is 148 Å². The number of ketones is 1. The number of hydrogen-bond acceptors (Lipinski definition) is 8. The minimum atomic E-state index is -1.05. The van der Waals surface area contributed by atoms with Crippen molar-refractivity contribution in [3.8, 4) is 6.07 Å². The Morgan fingerprint density at radius 3 is 2.84 bits per heavy atom. The minimum Gasteiger partial charge on any atom is -0.454 e. The lowest BCUT2D eigenvalue weighted by atomic mass is 10.1. The van der Waals surface area contributed by atoms with Crippen molar-refractivity contribution >= 4 is 28.8 Å². The van der Waals surface area contributed by atoms with Crippen LogP contribution in [0.3, 0.4) is 0 Å². The molecule has 2 aromatic rings. The number of ether oxygens (including phenoxy) is 1. The third-order valence-corrected chi connectivity index (χ3v) is 4.28. The highest BCUT2D eigenvalue weighted by Gasteiger charge is 2.25. The van der Waals surface area contributed by atoms with E-state index in [0.29, 0.717) is 10.7 Å². The second-order valence-corrected chi connectivity index (χ2v) is 6.02. The molecule has 0 aliphatic carbocycles. The van der Waals surface area contributed by atoms with Gasteiger partial charge in [0.2, 0.25) is 0 Å². The predicted octanol–water partition coefficient (Wildman–Crippen LogP) is 1.89. The van der Waals surface area contributed by atoms with Gasteiger partial charge < -0.3 is 15.2 Å². The van der Waals surface area contributed by atoms with Gasteiger partial charge in [-0.25, -0.2) is 9.78 Å². The first-order valence-corrected chi connectivity index (χ1v) is 8.40. The third kappa shape index (κ3) is 4.86. The number of carbonyl (C=O) groups is 2. The molecule has 0 fully saturated rings. The summed E-state index contributed by atoms with van der Waals surface area (Å²) < 4.78 is 5.06. The molecule has 2 N–H and O–H groups in total. The van der Waals surface area contributed by atoms with E-state index in [9.17, 15) is 14.9 Å². The van der Waals surface area contributed by atoms with Crippen molar-refractivity contribution in [2.75, 3.05) is 25.1 Å². The van der Waals surface area contributed by atoms with Crippen LogP contribution in [-0.4, -0.2) is 41.6 Å². The van der Waals surface area contributed by atoms with Crippen LogP contribution in [0.1, 0.15) is 27.0 Å². The molecular formula is C17H17N3O4S. The quantitative estimate of drug-likeness (QED) is 0.692. The fourth-order valence-corrected chi connectivity index (χ4v) is 2.93. The number of Topliss-reactive ketones (excluding diaryl/α,β-unsaturated/α-hetero) is 1. The number of carbonyl (C=O) groups excluding carboxylic acids is 2. The number of benzene rings is 1. The number of rotatable bonds is 8. The van der Waals surface area contributed by atoms with Crippen molar-refractivity contribution < 1.29 is 19.4 Å². The highest BCUT2D eigenvalue weighted by Crippen LogP contribution is 2.21. The zero-order chi connectivity index (χ0) is 18.2. The summed E-state index contributed by atoms with van der Waals surface area (Å²) in [4.78, 5) is 28.5. The van der Waals surface area contributed by atoms with Gasteiger partial charge in [-0.1, -0.05) is 12.1 Å². The van der Waals surface area contributed by atoms with Crippen molar-refractivity contribution in [1.29, 1.82) is 5.26 Å². The Bertz CT molecular complexity index is 797. The summed E-state index contributed by atoms with van der Waals surface area (Å²) in [6.07, 6.45) is 0. The standard InChI is InChI=1S/C17H17N3O4S/c1-11-10-25-16(20-11)13(8-18)15(22)9-24-17(23)12-4-2-3-5-14(12)19-6-7-21/h2-5,10,13,19,21H,6-7,9H2,1H3/t13-/m1/s1. The molecule has 130 valence electrons. The number of para-hydroxylation sites is 1. The van der Waals surface area contributed by atoms with Crippen molar-refractivity contribution in [3.05, 3.63) is 45.9 Å². The van der Waals surface area contributed by atoms with Crippen molar-refractivity contribution in [3.63, 3.8) is 0 Å². The Hall–Kier alpha value is -2.76. The molecule has 0 bridgehead atoms. The molecule has 0 amide bonds. The molecule has 7 nitrogen and oxygen atoms in total. The lowest BCUT2D eigenvalue weighted by Gasteiger charge is -2.11. The van der Waals surface area contributed by atoms with E-state index in [1.165, 1.54) is 11.3 Å². The Kier molecular flexibility index (Phi) is 6.62. The molecule has 0 saturated heterocycles. The maximum atomic E-state index is 12.2. The summed E-state index contributed by atoms with van der Waals surface area (Å²) in [6, 6.07) is 8.53. The van der Waals surface area contributed by atoms with Gasteiger partial charge in [-0.3, -0.25) is 4.79 Å². The molecule has 0 unspecified atom stereocenters. The van der Waals surface area contributed by atoms with E-state index in [-0.39, 0.29) is 18.7 Å². The van der Waals surface area contributed by atoms with Crippen molar-refractivity contribution in [1.82, 2.24) is 4.98 Å². The van der Waals surface area contributed by atoms with Gasteiger partial charge >= 0.3 is 5.97 Å². The summed E-state index contributed by atoms with van der Waals surface area (Å²) >= 11 is 1.22. The second kappa shape index (κ2) is 8.92.